The molecule has 1 N–H and O–H groups in total. The van der Waals surface area contributed by atoms with Crippen LogP contribution in [0.25, 0.3) is 0 Å². The summed E-state index contributed by atoms with van der Waals surface area (Å²) in [5.74, 6) is 1.27. The molecule has 2 atom stereocenters. The summed E-state index contributed by atoms with van der Waals surface area (Å²) in [6.45, 7) is 1.77. The van der Waals surface area contributed by atoms with Crippen LogP contribution in [-0.2, 0) is 27.3 Å². The van der Waals surface area contributed by atoms with Gasteiger partial charge < -0.3 is 19.3 Å². The number of imide groups is 1. The summed E-state index contributed by atoms with van der Waals surface area (Å²) in [4.78, 5) is 39.1. The fourth-order valence-electron chi connectivity index (χ4n) is 6.50. The second kappa shape index (κ2) is 13.1. The molecule has 41 heavy (non-hydrogen) atoms. The third-order valence-corrected chi connectivity index (χ3v) is 8.64. The van der Waals surface area contributed by atoms with E-state index in [4.69, 9.17) is 25.8 Å². The number of nitrogens with zero attached hydrogens (tertiary/aromatic N) is 2. The number of carbonyl (C=O) groups is 3. The van der Waals surface area contributed by atoms with Crippen LogP contribution < -0.4 is 9.47 Å². The van der Waals surface area contributed by atoms with E-state index < -0.39 is 12.3 Å². The van der Waals surface area contributed by atoms with Gasteiger partial charge in [-0.25, -0.2) is 4.79 Å². The van der Waals surface area contributed by atoms with E-state index in [0.717, 1.165) is 36.1 Å². The number of fused-ring (bicyclic) bond motifs is 1. The Labute approximate surface area is 245 Å². The summed E-state index contributed by atoms with van der Waals surface area (Å²) in [7, 11) is 1.58. The van der Waals surface area contributed by atoms with E-state index in [9.17, 15) is 19.5 Å². The molecular formula is C31H37ClN2O7. The number of benzene rings is 2. The average Bonchev–Trinajstić information content (AvgIpc) is 3.46. The normalized spacial score (nSPS) is 20.9. The molecule has 2 unspecified atom stereocenters. The molecule has 0 radical (unpaired) electrons. The van der Waals surface area contributed by atoms with Crippen LogP contribution in [0, 0.1) is 5.92 Å². The maximum atomic E-state index is 11.9. The Morgan fingerprint density at radius 3 is 2.51 bits per heavy atom. The zero-order chi connectivity index (χ0) is 28.9. The molecule has 0 aromatic heterocycles. The van der Waals surface area contributed by atoms with E-state index in [0.29, 0.717) is 35.4 Å². The summed E-state index contributed by atoms with van der Waals surface area (Å²) in [6.07, 6.45) is 5.14. The van der Waals surface area contributed by atoms with E-state index in [-0.39, 0.29) is 43.8 Å². The quantitative estimate of drug-likeness (QED) is 0.268. The van der Waals surface area contributed by atoms with Gasteiger partial charge in [0, 0.05) is 37.4 Å². The molecular weight excluding hydrogens is 548 g/mol. The van der Waals surface area contributed by atoms with Crippen molar-refractivity contribution >= 4 is 29.6 Å². The van der Waals surface area contributed by atoms with Gasteiger partial charge in [-0.3, -0.25) is 19.4 Å². The minimum absolute atomic E-state index is 0.167. The summed E-state index contributed by atoms with van der Waals surface area (Å²) in [5, 5.41) is 10.2. The first-order valence-corrected chi connectivity index (χ1v) is 14.7. The Morgan fingerprint density at radius 2 is 1.80 bits per heavy atom. The van der Waals surface area contributed by atoms with Gasteiger partial charge in [0.25, 0.3) is 0 Å². The Bertz CT molecular complexity index is 1260. The first kappa shape index (κ1) is 29.2. The van der Waals surface area contributed by atoms with Crippen LogP contribution in [0.3, 0.4) is 0 Å². The average molecular weight is 585 g/mol. The Kier molecular flexibility index (Phi) is 9.35. The fourth-order valence-corrected chi connectivity index (χ4v) is 6.69. The minimum Gasteiger partial charge on any atom is -0.493 e. The predicted octanol–water partition coefficient (Wildman–Crippen LogP) is 5.62. The molecule has 220 valence electrons. The van der Waals surface area contributed by atoms with E-state index in [2.05, 4.69) is 4.90 Å². The van der Waals surface area contributed by atoms with Gasteiger partial charge in [0.1, 0.15) is 12.7 Å². The lowest BCUT2D eigenvalue weighted by molar-refractivity contribution is -0.138. The number of ether oxygens (including phenoxy) is 3. The molecule has 0 spiro atoms. The van der Waals surface area contributed by atoms with Gasteiger partial charge >= 0.3 is 6.16 Å². The number of likely N-dealkylation sites (tertiary alicyclic amines) is 1. The number of amides is 2. The van der Waals surface area contributed by atoms with Crippen LogP contribution in [0.15, 0.2) is 36.4 Å². The molecule has 2 aromatic carbocycles. The van der Waals surface area contributed by atoms with Gasteiger partial charge in [0.15, 0.2) is 11.5 Å². The highest BCUT2D eigenvalue weighted by atomic mass is 35.5. The summed E-state index contributed by atoms with van der Waals surface area (Å²) >= 11 is 6.29. The minimum atomic E-state index is -1.28. The van der Waals surface area contributed by atoms with Crippen LogP contribution in [-0.4, -0.2) is 65.8 Å². The van der Waals surface area contributed by atoms with Gasteiger partial charge in [0.2, 0.25) is 11.8 Å². The van der Waals surface area contributed by atoms with E-state index in [1.54, 1.807) is 7.11 Å². The molecule has 3 aliphatic rings. The van der Waals surface area contributed by atoms with Crippen molar-refractivity contribution in [3.05, 3.63) is 58.1 Å². The van der Waals surface area contributed by atoms with E-state index >= 15 is 0 Å². The number of methoxy groups -OCH3 is 1. The molecule has 10 heteroatoms. The van der Waals surface area contributed by atoms with Crippen LogP contribution in [0.4, 0.5) is 4.79 Å². The first-order chi connectivity index (χ1) is 19.8. The van der Waals surface area contributed by atoms with Gasteiger partial charge in [-0.2, -0.15) is 0 Å². The Balaban J connectivity index is 1.37. The SMILES string of the molecule is COc1cc(CN(CC2CCCCC2)C2c3ccc(Cl)cc3CC2OC(=O)O)ccc1OCCN1C(=O)CCC1=O. The smallest absolute Gasteiger partial charge is 0.493 e. The fraction of sp³-hybridized carbons (Fsp3) is 0.516. The summed E-state index contributed by atoms with van der Waals surface area (Å²) < 4.78 is 17.0. The standard InChI is InChI=1S/C31H37ClN2O7/c1-39-26-15-21(7-10-25(26)40-14-13-34-28(35)11-12-29(34)36)19-33(18-20-5-3-2-4-6-20)30-24-9-8-23(32)16-22(24)17-27(30)41-31(37)38/h7-10,15-16,20,27,30H,2-6,11-14,17-19H2,1H3,(H,37,38). The highest BCUT2D eigenvalue weighted by Gasteiger charge is 2.40. The van der Waals surface area contributed by atoms with Crippen molar-refractivity contribution in [2.75, 3.05) is 26.8 Å². The lowest BCUT2D eigenvalue weighted by atomic mass is 9.88. The predicted molar refractivity (Wildman–Crippen MR) is 152 cm³/mol. The number of carbonyl (C=O) groups excluding carboxylic acids is 2. The van der Waals surface area contributed by atoms with Crippen LogP contribution in [0.1, 0.15) is 67.7 Å². The van der Waals surface area contributed by atoms with Crippen molar-refractivity contribution in [1.82, 2.24) is 9.80 Å². The summed E-state index contributed by atoms with van der Waals surface area (Å²) in [5.41, 5.74) is 3.06. The molecule has 0 bridgehead atoms. The van der Waals surface area contributed by atoms with Gasteiger partial charge in [-0.05, 0) is 59.7 Å². The van der Waals surface area contributed by atoms with Crippen molar-refractivity contribution in [3.8, 4) is 11.5 Å². The number of halogens is 1. The molecule has 1 aliphatic heterocycles. The van der Waals surface area contributed by atoms with Crippen molar-refractivity contribution in [1.29, 1.82) is 0 Å². The van der Waals surface area contributed by atoms with Crippen molar-refractivity contribution < 1.29 is 33.7 Å². The first-order valence-electron chi connectivity index (χ1n) is 14.4. The van der Waals surface area contributed by atoms with Gasteiger partial charge in [-0.1, -0.05) is 43.0 Å². The molecule has 1 heterocycles. The van der Waals surface area contributed by atoms with Crippen LogP contribution in [0.2, 0.25) is 5.02 Å². The molecule has 1 saturated carbocycles. The second-order valence-electron chi connectivity index (χ2n) is 11.1. The molecule has 2 aromatic rings. The number of carboxylic acid groups (broad SMARTS) is 1. The van der Waals surface area contributed by atoms with E-state index in [1.807, 2.05) is 36.4 Å². The largest absolute Gasteiger partial charge is 0.506 e. The molecule has 5 rings (SSSR count). The molecule has 2 fully saturated rings. The van der Waals surface area contributed by atoms with Crippen molar-refractivity contribution in [3.63, 3.8) is 0 Å². The zero-order valence-electron chi connectivity index (χ0n) is 23.4. The zero-order valence-corrected chi connectivity index (χ0v) is 24.1. The van der Waals surface area contributed by atoms with Crippen LogP contribution in [0.5, 0.6) is 11.5 Å². The second-order valence-corrected chi connectivity index (χ2v) is 11.6. The Hall–Kier alpha value is -3.30. The third kappa shape index (κ3) is 6.96. The molecule has 1 saturated heterocycles. The molecule has 2 amide bonds. The molecule has 9 nitrogen and oxygen atoms in total. The number of hydrogen-bond acceptors (Lipinski definition) is 7. The monoisotopic (exact) mass is 584 g/mol. The highest BCUT2D eigenvalue weighted by molar-refractivity contribution is 6.30. The maximum absolute atomic E-state index is 11.9. The lowest BCUT2D eigenvalue weighted by Crippen LogP contribution is -2.39. The summed E-state index contributed by atoms with van der Waals surface area (Å²) in [6, 6.07) is 11.3. The van der Waals surface area contributed by atoms with E-state index in [1.165, 1.54) is 24.2 Å². The number of rotatable bonds is 11. The van der Waals surface area contributed by atoms with Gasteiger partial charge in [0.05, 0.1) is 19.7 Å². The number of hydrogen-bond donors (Lipinski definition) is 1. The van der Waals surface area contributed by atoms with Crippen molar-refractivity contribution in [2.45, 2.75) is 70.1 Å². The molecule has 2 aliphatic carbocycles. The highest BCUT2D eigenvalue weighted by Crippen LogP contribution is 2.41. The Morgan fingerprint density at radius 1 is 1.05 bits per heavy atom. The van der Waals surface area contributed by atoms with Gasteiger partial charge in [-0.15, -0.1) is 0 Å². The van der Waals surface area contributed by atoms with Crippen LogP contribution >= 0.6 is 11.6 Å². The maximum Gasteiger partial charge on any atom is 0.506 e. The third-order valence-electron chi connectivity index (χ3n) is 8.40. The lowest BCUT2D eigenvalue weighted by Gasteiger charge is -2.36. The topological polar surface area (TPSA) is 106 Å². The van der Waals surface area contributed by atoms with Crippen molar-refractivity contribution in [2.24, 2.45) is 5.92 Å².